The summed E-state index contributed by atoms with van der Waals surface area (Å²) >= 11 is 3.44. The summed E-state index contributed by atoms with van der Waals surface area (Å²) in [5.41, 5.74) is 0.317. The maximum absolute atomic E-state index is 5.91. The zero-order chi connectivity index (χ0) is 15.1. The Morgan fingerprint density at radius 2 is 1.90 bits per heavy atom. The molecule has 0 aliphatic carbocycles. The molecule has 2 rings (SSSR count). The smallest absolute Gasteiger partial charge is 0.119 e. The number of benzene rings is 1. The Kier molecular flexibility index (Phi) is 6.52. The maximum atomic E-state index is 5.91. The van der Waals surface area contributed by atoms with Gasteiger partial charge in [-0.25, -0.2) is 0 Å². The van der Waals surface area contributed by atoms with E-state index >= 15 is 0 Å². The lowest BCUT2D eigenvalue weighted by molar-refractivity contribution is 0.00338. The van der Waals surface area contributed by atoms with Gasteiger partial charge in [-0.15, -0.1) is 0 Å². The third-order valence-electron chi connectivity index (χ3n) is 4.15. The van der Waals surface area contributed by atoms with Crippen LogP contribution in [0.3, 0.4) is 0 Å². The van der Waals surface area contributed by atoms with Crippen LogP contribution in [0.15, 0.2) is 28.7 Å². The van der Waals surface area contributed by atoms with Gasteiger partial charge in [0.2, 0.25) is 0 Å². The van der Waals surface area contributed by atoms with Crippen molar-refractivity contribution in [1.82, 2.24) is 5.32 Å². The van der Waals surface area contributed by atoms with Crippen LogP contribution in [0.2, 0.25) is 0 Å². The maximum Gasteiger partial charge on any atom is 0.119 e. The number of halogens is 1. The molecule has 118 valence electrons. The first-order valence-corrected chi connectivity index (χ1v) is 8.58. The Morgan fingerprint density at radius 3 is 2.52 bits per heavy atom. The lowest BCUT2D eigenvalue weighted by Gasteiger charge is -2.38. The van der Waals surface area contributed by atoms with Crippen LogP contribution in [0.5, 0.6) is 5.75 Å². The van der Waals surface area contributed by atoms with E-state index in [2.05, 4.69) is 35.1 Å². The number of hydrogen-bond acceptors (Lipinski definition) is 3. The second-order valence-electron chi connectivity index (χ2n) is 6.20. The molecular formula is C17H26BrNO2. The molecule has 0 bridgehead atoms. The number of hydrogen-bond donors (Lipinski definition) is 1. The zero-order valence-electron chi connectivity index (χ0n) is 13.0. The molecule has 0 saturated carbocycles. The minimum Gasteiger partial charge on any atom is -0.494 e. The summed E-state index contributed by atoms with van der Waals surface area (Å²) in [6, 6.07) is 8.57. The highest BCUT2D eigenvalue weighted by Crippen LogP contribution is 2.34. The Hall–Kier alpha value is -0.580. The molecular weight excluding hydrogens is 330 g/mol. The van der Waals surface area contributed by atoms with Crippen molar-refractivity contribution >= 4 is 15.9 Å². The van der Waals surface area contributed by atoms with Gasteiger partial charge in [-0.3, -0.25) is 0 Å². The van der Waals surface area contributed by atoms with Crippen LogP contribution in [0.25, 0.3) is 0 Å². The second kappa shape index (κ2) is 8.16. The standard InChI is InChI=1S/C17H26BrNO2/c1-14(2)19-13-17(7-10-20-11-8-17)9-12-21-16-5-3-15(18)4-6-16/h3-6,14,19H,7-13H2,1-2H3. The van der Waals surface area contributed by atoms with Crippen LogP contribution in [0.4, 0.5) is 0 Å². The minimum absolute atomic E-state index is 0.317. The molecule has 0 aromatic heterocycles. The first-order valence-electron chi connectivity index (χ1n) is 7.79. The summed E-state index contributed by atoms with van der Waals surface area (Å²) in [6.45, 7) is 7.96. The number of rotatable bonds is 7. The van der Waals surface area contributed by atoms with Crippen molar-refractivity contribution < 1.29 is 9.47 Å². The van der Waals surface area contributed by atoms with Crippen molar-refractivity contribution in [2.45, 2.75) is 39.2 Å². The van der Waals surface area contributed by atoms with Gasteiger partial charge in [0.15, 0.2) is 0 Å². The minimum atomic E-state index is 0.317. The van der Waals surface area contributed by atoms with Crippen molar-refractivity contribution in [2.75, 3.05) is 26.4 Å². The first kappa shape index (κ1) is 16.8. The van der Waals surface area contributed by atoms with Crippen LogP contribution in [0, 0.1) is 5.41 Å². The Morgan fingerprint density at radius 1 is 1.24 bits per heavy atom. The van der Waals surface area contributed by atoms with E-state index in [-0.39, 0.29) is 0 Å². The van der Waals surface area contributed by atoms with Gasteiger partial charge in [0.1, 0.15) is 5.75 Å². The molecule has 0 radical (unpaired) electrons. The van der Waals surface area contributed by atoms with Gasteiger partial charge in [0, 0.05) is 30.3 Å². The van der Waals surface area contributed by atoms with Crippen molar-refractivity contribution in [3.63, 3.8) is 0 Å². The van der Waals surface area contributed by atoms with Gasteiger partial charge >= 0.3 is 0 Å². The average molecular weight is 356 g/mol. The molecule has 3 nitrogen and oxygen atoms in total. The molecule has 0 spiro atoms. The van der Waals surface area contributed by atoms with Crippen molar-refractivity contribution in [3.8, 4) is 5.75 Å². The molecule has 0 amide bonds. The summed E-state index contributed by atoms with van der Waals surface area (Å²) in [5.74, 6) is 0.942. The lowest BCUT2D eigenvalue weighted by Crippen LogP contribution is -2.42. The fourth-order valence-corrected chi connectivity index (χ4v) is 2.92. The molecule has 1 saturated heterocycles. The van der Waals surface area contributed by atoms with E-state index < -0.39 is 0 Å². The van der Waals surface area contributed by atoms with Crippen LogP contribution >= 0.6 is 15.9 Å². The van der Waals surface area contributed by atoms with Crippen LogP contribution in [-0.2, 0) is 4.74 Å². The number of ether oxygens (including phenoxy) is 2. The summed E-state index contributed by atoms with van der Waals surface area (Å²) in [5, 5.41) is 3.59. The normalized spacial score (nSPS) is 17.9. The molecule has 1 fully saturated rings. The van der Waals surface area contributed by atoms with Crippen LogP contribution in [-0.4, -0.2) is 32.4 Å². The predicted molar refractivity (Wildman–Crippen MR) is 89.9 cm³/mol. The third kappa shape index (κ3) is 5.61. The molecule has 1 aromatic rings. The fourth-order valence-electron chi connectivity index (χ4n) is 2.66. The van der Waals surface area contributed by atoms with Gasteiger partial charge < -0.3 is 14.8 Å². The van der Waals surface area contributed by atoms with Crippen LogP contribution < -0.4 is 10.1 Å². The summed E-state index contributed by atoms with van der Waals surface area (Å²) < 4.78 is 12.5. The average Bonchev–Trinajstić information content (AvgIpc) is 2.48. The van der Waals surface area contributed by atoms with E-state index in [1.54, 1.807) is 0 Å². The topological polar surface area (TPSA) is 30.5 Å². The fraction of sp³-hybridized carbons (Fsp3) is 0.647. The number of nitrogens with one attached hydrogen (secondary N) is 1. The van der Waals surface area contributed by atoms with Crippen LogP contribution in [0.1, 0.15) is 33.1 Å². The highest BCUT2D eigenvalue weighted by atomic mass is 79.9. The highest BCUT2D eigenvalue weighted by Gasteiger charge is 2.32. The molecule has 1 heterocycles. The molecule has 0 unspecified atom stereocenters. The van der Waals surface area contributed by atoms with E-state index in [9.17, 15) is 0 Å². The second-order valence-corrected chi connectivity index (χ2v) is 7.12. The summed E-state index contributed by atoms with van der Waals surface area (Å²) in [4.78, 5) is 0. The zero-order valence-corrected chi connectivity index (χ0v) is 14.6. The molecule has 0 atom stereocenters. The van der Waals surface area contributed by atoms with Crippen molar-refractivity contribution in [2.24, 2.45) is 5.41 Å². The van der Waals surface area contributed by atoms with E-state index in [0.717, 1.165) is 55.9 Å². The van der Waals surface area contributed by atoms with Gasteiger partial charge in [-0.05, 0) is 48.9 Å². The van der Waals surface area contributed by atoms with Gasteiger partial charge in [0.25, 0.3) is 0 Å². The third-order valence-corrected chi connectivity index (χ3v) is 4.68. The van der Waals surface area contributed by atoms with E-state index in [1.807, 2.05) is 24.3 Å². The molecule has 4 heteroatoms. The molecule has 21 heavy (non-hydrogen) atoms. The highest BCUT2D eigenvalue weighted by molar-refractivity contribution is 9.10. The lowest BCUT2D eigenvalue weighted by atomic mass is 9.77. The summed E-state index contributed by atoms with van der Waals surface area (Å²) in [7, 11) is 0. The molecule has 1 aliphatic heterocycles. The predicted octanol–water partition coefficient (Wildman–Crippen LogP) is 4.01. The van der Waals surface area contributed by atoms with E-state index in [0.29, 0.717) is 11.5 Å². The largest absolute Gasteiger partial charge is 0.494 e. The Labute approximate surface area is 136 Å². The monoisotopic (exact) mass is 355 g/mol. The first-order chi connectivity index (χ1) is 10.1. The van der Waals surface area contributed by atoms with Gasteiger partial charge in [-0.1, -0.05) is 29.8 Å². The van der Waals surface area contributed by atoms with E-state index in [1.165, 1.54) is 0 Å². The van der Waals surface area contributed by atoms with Gasteiger partial charge in [0.05, 0.1) is 6.61 Å². The Bertz CT molecular complexity index is 413. The summed E-state index contributed by atoms with van der Waals surface area (Å²) in [6.07, 6.45) is 3.32. The quantitative estimate of drug-likeness (QED) is 0.801. The SMILES string of the molecule is CC(C)NCC1(CCOc2ccc(Br)cc2)CCOCC1. The van der Waals surface area contributed by atoms with Crippen molar-refractivity contribution in [3.05, 3.63) is 28.7 Å². The van der Waals surface area contributed by atoms with Gasteiger partial charge in [-0.2, -0.15) is 0 Å². The molecule has 1 N–H and O–H groups in total. The van der Waals surface area contributed by atoms with Crippen molar-refractivity contribution in [1.29, 1.82) is 0 Å². The molecule has 1 aliphatic rings. The van der Waals surface area contributed by atoms with E-state index in [4.69, 9.17) is 9.47 Å². The Balaban J connectivity index is 1.84. The molecule has 1 aromatic carbocycles.